The van der Waals surface area contributed by atoms with Gasteiger partial charge in [0.1, 0.15) is 5.82 Å². The van der Waals surface area contributed by atoms with E-state index in [0.29, 0.717) is 0 Å². The van der Waals surface area contributed by atoms with Gasteiger partial charge in [-0.15, -0.1) is 0 Å². The van der Waals surface area contributed by atoms with Crippen molar-refractivity contribution in [1.29, 1.82) is 0 Å². The highest BCUT2D eigenvalue weighted by atomic mass is 15.1. The number of aromatic nitrogens is 2. The van der Waals surface area contributed by atoms with Crippen molar-refractivity contribution in [2.45, 2.75) is 6.92 Å². The first-order valence-electron chi connectivity index (χ1n) is 7.34. The molecule has 0 unspecified atom stereocenters. The van der Waals surface area contributed by atoms with E-state index in [1.807, 2.05) is 49.4 Å². The molecule has 0 bridgehead atoms. The molecule has 0 atom stereocenters. The molecule has 2 aromatic carbocycles. The first-order valence-corrected chi connectivity index (χ1v) is 7.34. The SMILES string of the molecule is C=C/C=c1/nc(-c2ccccc2)n(-c2ccccc2)/c1=C/C. The lowest BCUT2D eigenvalue weighted by molar-refractivity contribution is 1.03. The smallest absolute Gasteiger partial charge is 0.145 e. The van der Waals surface area contributed by atoms with Crippen molar-refractivity contribution in [3.05, 3.63) is 84.0 Å². The fourth-order valence-corrected chi connectivity index (χ4v) is 2.58. The van der Waals surface area contributed by atoms with E-state index < -0.39 is 0 Å². The molecule has 0 fully saturated rings. The lowest BCUT2D eigenvalue weighted by atomic mass is 10.2. The van der Waals surface area contributed by atoms with E-state index in [2.05, 4.69) is 41.5 Å². The average Bonchev–Trinajstić information content (AvgIpc) is 2.95. The molecule has 0 aliphatic heterocycles. The van der Waals surface area contributed by atoms with Crippen LogP contribution in [0.25, 0.3) is 29.2 Å². The Kier molecular flexibility index (Phi) is 4.01. The van der Waals surface area contributed by atoms with Gasteiger partial charge in [0, 0.05) is 11.3 Å². The number of imidazole rings is 1. The van der Waals surface area contributed by atoms with Crippen molar-refractivity contribution in [3.63, 3.8) is 0 Å². The molecule has 0 N–H and O–H groups in total. The maximum absolute atomic E-state index is 4.82. The van der Waals surface area contributed by atoms with E-state index in [-0.39, 0.29) is 0 Å². The lowest BCUT2D eigenvalue weighted by Gasteiger charge is -2.08. The molecular formula is C20H18N2. The maximum atomic E-state index is 4.82. The standard InChI is InChI=1S/C20H18N2/c1-3-11-18-19(4-2)22(17-14-9-6-10-15-17)20(21-18)16-12-7-5-8-13-16/h3-15H,1H2,2H3/b18-11+,19-4+. The molecule has 0 spiro atoms. The Labute approximate surface area is 130 Å². The van der Waals surface area contributed by atoms with Crippen LogP contribution in [-0.2, 0) is 0 Å². The molecule has 1 heterocycles. The minimum atomic E-state index is 0.931. The normalized spacial score (nSPS) is 12.6. The van der Waals surface area contributed by atoms with E-state index in [1.54, 1.807) is 6.08 Å². The fourth-order valence-electron chi connectivity index (χ4n) is 2.58. The van der Waals surface area contributed by atoms with Crippen molar-refractivity contribution in [2.75, 3.05) is 0 Å². The number of allylic oxidation sites excluding steroid dienone is 1. The maximum Gasteiger partial charge on any atom is 0.145 e. The van der Waals surface area contributed by atoms with Gasteiger partial charge < -0.3 is 0 Å². The molecule has 2 heteroatoms. The molecule has 2 nitrogen and oxygen atoms in total. The molecule has 0 aliphatic carbocycles. The predicted molar refractivity (Wildman–Crippen MR) is 93.1 cm³/mol. The van der Waals surface area contributed by atoms with Crippen LogP contribution in [0.3, 0.4) is 0 Å². The van der Waals surface area contributed by atoms with Gasteiger partial charge in [-0.25, -0.2) is 4.98 Å². The summed E-state index contributed by atoms with van der Waals surface area (Å²) < 4.78 is 2.19. The molecule has 3 aromatic rings. The Morgan fingerprint density at radius 1 is 0.955 bits per heavy atom. The van der Waals surface area contributed by atoms with Gasteiger partial charge in [-0.05, 0) is 25.1 Å². The molecule has 108 valence electrons. The Morgan fingerprint density at radius 3 is 2.18 bits per heavy atom. The quantitative estimate of drug-likeness (QED) is 0.722. The van der Waals surface area contributed by atoms with Crippen LogP contribution in [0.1, 0.15) is 6.92 Å². The van der Waals surface area contributed by atoms with Crippen LogP contribution in [0.15, 0.2) is 73.3 Å². The summed E-state index contributed by atoms with van der Waals surface area (Å²) in [5.74, 6) is 0.938. The topological polar surface area (TPSA) is 17.8 Å². The van der Waals surface area contributed by atoms with Crippen molar-refractivity contribution in [2.24, 2.45) is 0 Å². The summed E-state index contributed by atoms with van der Waals surface area (Å²) in [5.41, 5.74) is 2.20. The van der Waals surface area contributed by atoms with E-state index >= 15 is 0 Å². The zero-order valence-corrected chi connectivity index (χ0v) is 12.6. The minimum absolute atomic E-state index is 0.931. The zero-order valence-electron chi connectivity index (χ0n) is 12.6. The molecule has 0 aliphatic rings. The Morgan fingerprint density at radius 2 is 1.59 bits per heavy atom. The van der Waals surface area contributed by atoms with Gasteiger partial charge in [0.2, 0.25) is 0 Å². The first kappa shape index (κ1) is 14.1. The third-order valence-electron chi connectivity index (χ3n) is 3.54. The largest absolute Gasteiger partial charge is 0.293 e. The molecule has 3 rings (SSSR count). The second-order valence-corrected chi connectivity index (χ2v) is 4.93. The summed E-state index contributed by atoms with van der Waals surface area (Å²) in [5, 5.41) is 2.00. The number of para-hydroxylation sites is 1. The highest BCUT2D eigenvalue weighted by Gasteiger charge is 2.10. The second-order valence-electron chi connectivity index (χ2n) is 4.93. The van der Waals surface area contributed by atoms with Crippen LogP contribution in [0.4, 0.5) is 0 Å². The number of hydrogen-bond acceptors (Lipinski definition) is 1. The Bertz CT molecular complexity index is 888. The highest BCUT2D eigenvalue weighted by molar-refractivity contribution is 5.60. The van der Waals surface area contributed by atoms with Gasteiger partial charge in [-0.1, -0.05) is 67.3 Å². The Balaban J connectivity index is 2.40. The van der Waals surface area contributed by atoms with Crippen LogP contribution in [-0.4, -0.2) is 9.55 Å². The van der Waals surface area contributed by atoms with Crippen LogP contribution in [0, 0.1) is 0 Å². The summed E-state index contributed by atoms with van der Waals surface area (Å²) in [6, 6.07) is 20.5. The van der Waals surface area contributed by atoms with Crippen molar-refractivity contribution in [1.82, 2.24) is 9.55 Å². The molecule has 0 amide bonds. The number of benzene rings is 2. The number of hydrogen-bond donors (Lipinski definition) is 0. The number of nitrogens with zero attached hydrogens (tertiary/aromatic N) is 2. The molecule has 0 radical (unpaired) electrons. The van der Waals surface area contributed by atoms with Gasteiger partial charge in [0.05, 0.1) is 10.7 Å². The van der Waals surface area contributed by atoms with Crippen LogP contribution >= 0.6 is 0 Å². The van der Waals surface area contributed by atoms with E-state index in [0.717, 1.165) is 27.8 Å². The molecular weight excluding hydrogens is 268 g/mol. The van der Waals surface area contributed by atoms with Crippen LogP contribution in [0.5, 0.6) is 0 Å². The second kappa shape index (κ2) is 6.27. The third kappa shape index (κ3) is 2.51. The summed E-state index contributed by atoms with van der Waals surface area (Å²) in [6.07, 6.45) is 5.81. The van der Waals surface area contributed by atoms with Gasteiger partial charge in [-0.3, -0.25) is 4.57 Å². The Hall–Kier alpha value is -2.87. The monoisotopic (exact) mass is 286 g/mol. The molecule has 1 aromatic heterocycles. The summed E-state index contributed by atoms with van der Waals surface area (Å²) in [7, 11) is 0. The van der Waals surface area contributed by atoms with Crippen molar-refractivity contribution >= 4 is 12.2 Å². The van der Waals surface area contributed by atoms with Crippen molar-refractivity contribution < 1.29 is 0 Å². The van der Waals surface area contributed by atoms with E-state index in [4.69, 9.17) is 4.98 Å². The van der Waals surface area contributed by atoms with E-state index in [9.17, 15) is 0 Å². The predicted octanol–water partition coefficient (Wildman–Crippen LogP) is 3.31. The molecule has 22 heavy (non-hydrogen) atoms. The first-order chi connectivity index (χ1) is 10.8. The van der Waals surface area contributed by atoms with Crippen LogP contribution in [0.2, 0.25) is 0 Å². The van der Waals surface area contributed by atoms with Crippen molar-refractivity contribution in [3.8, 4) is 17.1 Å². The zero-order chi connectivity index (χ0) is 15.4. The third-order valence-corrected chi connectivity index (χ3v) is 3.54. The van der Waals surface area contributed by atoms with Crippen LogP contribution < -0.4 is 10.7 Å². The fraction of sp³-hybridized carbons (Fsp3) is 0.0500. The molecule has 0 saturated carbocycles. The average molecular weight is 286 g/mol. The van der Waals surface area contributed by atoms with Gasteiger partial charge in [0.25, 0.3) is 0 Å². The summed E-state index contributed by atoms with van der Waals surface area (Å²) in [4.78, 5) is 4.82. The van der Waals surface area contributed by atoms with Gasteiger partial charge in [-0.2, -0.15) is 0 Å². The van der Waals surface area contributed by atoms with Gasteiger partial charge in [0.15, 0.2) is 0 Å². The minimum Gasteiger partial charge on any atom is -0.293 e. The van der Waals surface area contributed by atoms with Gasteiger partial charge >= 0.3 is 0 Å². The highest BCUT2D eigenvalue weighted by Crippen LogP contribution is 2.17. The lowest BCUT2D eigenvalue weighted by Crippen LogP contribution is -2.28. The van der Waals surface area contributed by atoms with E-state index in [1.165, 1.54) is 0 Å². The molecule has 0 saturated heterocycles. The summed E-state index contributed by atoms with van der Waals surface area (Å²) in [6.45, 7) is 5.83. The summed E-state index contributed by atoms with van der Waals surface area (Å²) >= 11 is 0. The number of rotatable bonds is 3.